The molecular weight excluding hydrogens is 344 g/mol. The van der Waals surface area contributed by atoms with Crippen molar-refractivity contribution in [3.05, 3.63) is 46.8 Å². The number of fused-ring (bicyclic) bond motifs is 1. The lowest BCUT2D eigenvalue weighted by molar-refractivity contribution is -0.124. The number of hydrogen-bond acceptors (Lipinski definition) is 5. The zero-order valence-corrected chi connectivity index (χ0v) is 16.3. The van der Waals surface area contributed by atoms with Crippen LogP contribution in [-0.2, 0) is 35.7 Å². The monoisotopic (exact) mass is 372 g/mol. The van der Waals surface area contributed by atoms with E-state index in [-0.39, 0.29) is 12.5 Å². The molecule has 0 saturated carbocycles. The van der Waals surface area contributed by atoms with Crippen LogP contribution in [0.15, 0.2) is 24.3 Å². The highest BCUT2D eigenvalue weighted by atomic mass is 16.5. The van der Waals surface area contributed by atoms with Gasteiger partial charge in [-0.05, 0) is 36.6 Å². The van der Waals surface area contributed by atoms with Gasteiger partial charge in [0.05, 0.1) is 25.0 Å². The van der Waals surface area contributed by atoms with E-state index in [0.717, 1.165) is 49.6 Å². The fraction of sp³-hybridized carbons (Fsp3) is 0.500. The lowest BCUT2D eigenvalue weighted by Gasteiger charge is -2.20. The molecule has 1 aromatic carbocycles. The van der Waals surface area contributed by atoms with Gasteiger partial charge >= 0.3 is 0 Å². The van der Waals surface area contributed by atoms with Crippen LogP contribution in [0.2, 0.25) is 0 Å². The Hall–Kier alpha value is -2.38. The predicted molar refractivity (Wildman–Crippen MR) is 102 cm³/mol. The van der Waals surface area contributed by atoms with E-state index >= 15 is 0 Å². The SMILES string of the molecule is COCC(=O)NCc1cc2n(n1)CCCN(Cc1ccc(OC)c(C)c1)C2. The molecule has 3 rings (SSSR count). The molecule has 1 N–H and O–H groups in total. The lowest BCUT2D eigenvalue weighted by atomic mass is 10.1. The van der Waals surface area contributed by atoms with E-state index < -0.39 is 0 Å². The highest BCUT2D eigenvalue weighted by Crippen LogP contribution is 2.21. The van der Waals surface area contributed by atoms with Crippen LogP contribution in [0.5, 0.6) is 5.75 Å². The second-order valence-corrected chi connectivity index (χ2v) is 6.93. The van der Waals surface area contributed by atoms with Crippen LogP contribution in [0.3, 0.4) is 0 Å². The van der Waals surface area contributed by atoms with Crippen LogP contribution < -0.4 is 10.1 Å². The first kappa shape index (κ1) is 19.4. The Morgan fingerprint density at radius 2 is 2.11 bits per heavy atom. The predicted octanol–water partition coefficient (Wildman–Crippen LogP) is 1.87. The molecule has 146 valence electrons. The Balaban J connectivity index is 1.63. The van der Waals surface area contributed by atoms with Crippen molar-refractivity contribution in [3.63, 3.8) is 0 Å². The van der Waals surface area contributed by atoms with Gasteiger partial charge in [0.2, 0.25) is 5.91 Å². The Kier molecular flexibility index (Phi) is 6.47. The van der Waals surface area contributed by atoms with E-state index in [1.165, 1.54) is 18.4 Å². The number of nitrogens with zero attached hydrogens (tertiary/aromatic N) is 3. The molecule has 0 saturated heterocycles. The normalized spacial score (nSPS) is 14.5. The van der Waals surface area contributed by atoms with E-state index in [4.69, 9.17) is 9.47 Å². The maximum atomic E-state index is 11.6. The molecule has 1 aliphatic rings. The molecule has 0 unspecified atom stereocenters. The Morgan fingerprint density at radius 3 is 2.85 bits per heavy atom. The molecule has 2 aromatic rings. The number of carbonyl (C=O) groups is 1. The maximum absolute atomic E-state index is 11.6. The van der Waals surface area contributed by atoms with Gasteiger partial charge in [-0.3, -0.25) is 14.4 Å². The lowest BCUT2D eigenvalue weighted by Crippen LogP contribution is -2.26. The average Bonchev–Trinajstić information content (AvgIpc) is 2.92. The Labute approximate surface area is 160 Å². The van der Waals surface area contributed by atoms with E-state index in [1.807, 2.05) is 6.07 Å². The first-order chi connectivity index (χ1) is 13.1. The molecular formula is C20H28N4O3. The number of aromatic nitrogens is 2. The van der Waals surface area contributed by atoms with Crippen molar-refractivity contribution >= 4 is 5.91 Å². The standard InChI is InChI=1S/C20H28N4O3/c1-15-9-16(5-6-19(15)27-3)12-23-7-4-8-24-18(13-23)10-17(22-24)11-21-20(25)14-26-2/h5-6,9-10H,4,7-8,11-14H2,1-3H3,(H,21,25). The van der Waals surface area contributed by atoms with E-state index in [9.17, 15) is 4.79 Å². The number of amides is 1. The summed E-state index contributed by atoms with van der Waals surface area (Å²) in [6.07, 6.45) is 1.05. The second-order valence-electron chi connectivity index (χ2n) is 6.93. The largest absolute Gasteiger partial charge is 0.496 e. The van der Waals surface area contributed by atoms with Crippen molar-refractivity contribution in [2.45, 2.75) is 39.5 Å². The van der Waals surface area contributed by atoms with Gasteiger partial charge in [0.1, 0.15) is 12.4 Å². The van der Waals surface area contributed by atoms with Crippen LogP contribution in [-0.4, -0.2) is 48.0 Å². The summed E-state index contributed by atoms with van der Waals surface area (Å²) < 4.78 is 12.2. The molecule has 1 amide bonds. The minimum atomic E-state index is -0.128. The number of ether oxygens (including phenoxy) is 2. The summed E-state index contributed by atoms with van der Waals surface area (Å²) in [7, 11) is 3.21. The third-order valence-corrected chi connectivity index (χ3v) is 4.75. The van der Waals surface area contributed by atoms with Crippen molar-refractivity contribution in [1.82, 2.24) is 20.0 Å². The van der Waals surface area contributed by atoms with E-state index in [1.54, 1.807) is 7.11 Å². The maximum Gasteiger partial charge on any atom is 0.246 e. The van der Waals surface area contributed by atoms with Crippen molar-refractivity contribution in [1.29, 1.82) is 0 Å². The summed E-state index contributed by atoms with van der Waals surface area (Å²) in [6.45, 7) is 6.26. The van der Waals surface area contributed by atoms with Crippen molar-refractivity contribution < 1.29 is 14.3 Å². The number of hydrogen-bond donors (Lipinski definition) is 1. The first-order valence-electron chi connectivity index (χ1n) is 9.26. The highest BCUT2D eigenvalue weighted by molar-refractivity contribution is 5.77. The Bertz CT molecular complexity index is 788. The van der Waals surface area contributed by atoms with Gasteiger partial charge in [0.15, 0.2) is 0 Å². The summed E-state index contributed by atoms with van der Waals surface area (Å²) >= 11 is 0. The molecule has 0 atom stereocenters. The summed E-state index contributed by atoms with van der Waals surface area (Å²) in [5, 5.41) is 7.47. The molecule has 0 spiro atoms. The third-order valence-electron chi connectivity index (χ3n) is 4.75. The van der Waals surface area contributed by atoms with Gasteiger partial charge in [-0.15, -0.1) is 0 Å². The quantitative estimate of drug-likeness (QED) is 0.804. The van der Waals surface area contributed by atoms with Gasteiger partial charge in [-0.25, -0.2) is 0 Å². The molecule has 0 fully saturated rings. The van der Waals surface area contributed by atoms with Crippen molar-refractivity contribution in [3.8, 4) is 5.75 Å². The first-order valence-corrected chi connectivity index (χ1v) is 9.26. The van der Waals surface area contributed by atoms with Crippen LogP contribution in [0, 0.1) is 6.92 Å². The summed E-state index contributed by atoms with van der Waals surface area (Å²) in [4.78, 5) is 14.0. The fourth-order valence-electron chi connectivity index (χ4n) is 3.48. The summed E-state index contributed by atoms with van der Waals surface area (Å²) in [5.74, 6) is 0.796. The molecule has 7 heteroatoms. The van der Waals surface area contributed by atoms with Crippen LogP contribution >= 0.6 is 0 Å². The summed E-state index contributed by atoms with van der Waals surface area (Å²) in [6, 6.07) is 8.45. The number of nitrogens with one attached hydrogen (secondary N) is 1. The summed E-state index contributed by atoms with van der Waals surface area (Å²) in [5.41, 5.74) is 4.52. The second kappa shape index (κ2) is 9.01. The van der Waals surface area contributed by atoms with Crippen LogP contribution in [0.4, 0.5) is 0 Å². The van der Waals surface area contributed by atoms with Crippen molar-refractivity contribution in [2.24, 2.45) is 0 Å². The molecule has 1 aliphatic heterocycles. The van der Waals surface area contributed by atoms with E-state index in [2.05, 4.69) is 45.1 Å². The number of aryl methyl sites for hydroxylation is 2. The van der Waals surface area contributed by atoms with Gasteiger partial charge in [-0.2, -0.15) is 5.10 Å². The molecule has 2 heterocycles. The zero-order valence-electron chi connectivity index (χ0n) is 16.3. The number of rotatable bonds is 7. The van der Waals surface area contributed by atoms with E-state index in [0.29, 0.717) is 6.54 Å². The van der Waals surface area contributed by atoms with Gasteiger partial charge in [0, 0.05) is 33.3 Å². The fourth-order valence-corrected chi connectivity index (χ4v) is 3.48. The smallest absolute Gasteiger partial charge is 0.246 e. The van der Waals surface area contributed by atoms with Crippen molar-refractivity contribution in [2.75, 3.05) is 27.4 Å². The van der Waals surface area contributed by atoms with Gasteiger partial charge < -0.3 is 14.8 Å². The molecule has 7 nitrogen and oxygen atoms in total. The number of benzene rings is 1. The number of methoxy groups -OCH3 is 2. The molecule has 27 heavy (non-hydrogen) atoms. The molecule has 0 aliphatic carbocycles. The minimum absolute atomic E-state index is 0.0720. The molecule has 1 aromatic heterocycles. The third kappa shape index (κ3) is 5.08. The average molecular weight is 372 g/mol. The zero-order chi connectivity index (χ0) is 19.2. The minimum Gasteiger partial charge on any atom is -0.496 e. The highest BCUT2D eigenvalue weighted by Gasteiger charge is 2.17. The van der Waals surface area contributed by atoms with Gasteiger partial charge in [0.25, 0.3) is 0 Å². The van der Waals surface area contributed by atoms with Crippen LogP contribution in [0.25, 0.3) is 0 Å². The van der Waals surface area contributed by atoms with Gasteiger partial charge in [-0.1, -0.05) is 12.1 Å². The molecule has 0 bridgehead atoms. The number of carbonyl (C=O) groups excluding carboxylic acids is 1. The van der Waals surface area contributed by atoms with Crippen LogP contribution in [0.1, 0.15) is 28.9 Å². The molecule has 0 radical (unpaired) electrons. The Morgan fingerprint density at radius 1 is 1.26 bits per heavy atom. The topological polar surface area (TPSA) is 68.6 Å².